The molecule has 2 nitrogen and oxygen atoms in total. The van der Waals surface area contributed by atoms with E-state index < -0.39 is 0 Å². The second-order valence-electron chi connectivity index (χ2n) is 7.35. The first-order valence-corrected chi connectivity index (χ1v) is 8.93. The van der Waals surface area contributed by atoms with E-state index in [-0.39, 0.29) is 0 Å². The maximum Gasteiger partial charge on any atom is 0.0504 e. The molecule has 2 aliphatic heterocycles. The number of nitrogens with zero attached hydrogens (tertiary/aromatic N) is 1. The van der Waals surface area contributed by atoms with Crippen molar-refractivity contribution >= 4 is 12.2 Å². The standard InChI is InChI=1S/C19H28N2/c1-3-6-14-11-18-19-16(9-10-21(18)12-13(14)2)15-7-4-5-8-17(15)20-19/h7-8,13-14,18,20H,3-6,9-12H2,1-2H3. The van der Waals surface area contributed by atoms with Crippen LogP contribution in [0.2, 0.25) is 0 Å². The summed E-state index contributed by atoms with van der Waals surface area (Å²) in [6.07, 6.45) is 12.6. The van der Waals surface area contributed by atoms with Gasteiger partial charge < -0.3 is 4.98 Å². The molecule has 4 rings (SSSR count). The van der Waals surface area contributed by atoms with Crippen LogP contribution >= 0.6 is 0 Å². The van der Waals surface area contributed by atoms with Gasteiger partial charge in [-0.3, -0.25) is 4.90 Å². The molecule has 1 saturated heterocycles. The van der Waals surface area contributed by atoms with Gasteiger partial charge >= 0.3 is 0 Å². The number of piperidine rings is 1. The Balaban J connectivity index is 1.73. The molecule has 3 atom stereocenters. The molecule has 0 saturated carbocycles. The van der Waals surface area contributed by atoms with Gasteiger partial charge in [-0.15, -0.1) is 0 Å². The van der Waals surface area contributed by atoms with Crippen LogP contribution in [0.5, 0.6) is 0 Å². The molecule has 1 N–H and O–H groups in total. The van der Waals surface area contributed by atoms with Gasteiger partial charge in [-0.05, 0) is 48.3 Å². The van der Waals surface area contributed by atoms with Gasteiger partial charge in [0.25, 0.3) is 0 Å². The molecule has 0 bridgehead atoms. The van der Waals surface area contributed by atoms with Crippen LogP contribution in [0, 0.1) is 11.8 Å². The van der Waals surface area contributed by atoms with E-state index in [1.165, 1.54) is 57.0 Å². The predicted octanol–water partition coefficient (Wildman–Crippen LogP) is 2.72. The molecule has 0 radical (unpaired) electrons. The minimum Gasteiger partial charge on any atom is -0.357 e. The summed E-state index contributed by atoms with van der Waals surface area (Å²) in [4.78, 5) is 6.55. The molecule has 1 aromatic heterocycles. The summed E-state index contributed by atoms with van der Waals surface area (Å²) in [5.41, 5.74) is 3.21. The van der Waals surface area contributed by atoms with E-state index in [0.29, 0.717) is 6.04 Å². The van der Waals surface area contributed by atoms with E-state index in [4.69, 9.17) is 0 Å². The van der Waals surface area contributed by atoms with E-state index in [9.17, 15) is 0 Å². The summed E-state index contributed by atoms with van der Waals surface area (Å²) in [6.45, 7) is 7.36. The number of nitrogens with one attached hydrogen (secondary N) is 1. The van der Waals surface area contributed by atoms with Crippen LogP contribution in [0.3, 0.4) is 0 Å². The summed E-state index contributed by atoms with van der Waals surface area (Å²) in [7, 11) is 0. The van der Waals surface area contributed by atoms with Crippen molar-refractivity contribution in [1.82, 2.24) is 9.88 Å². The summed E-state index contributed by atoms with van der Waals surface area (Å²) < 4.78 is 0. The van der Waals surface area contributed by atoms with Crippen LogP contribution in [0.15, 0.2) is 0 Å². The quantitative estimate of drug-likeness (QED) is 0.885. The Labute approximate surface area is 127 Å². The van der Waals surface area contributed by atoms with Crippen molar-refractivity contribution in [2.24, 2.45) is 11.8 Å². The Hall–Kier alpha value is -1.02. The number of fused-ring (bicyclic) bond motifs is 5. The second kappa shape index (κ2) is 5.31. The maximum absolute atomic E-state index is 3.80. The highest BCUT2D eigenvalue weighted by molar-refractivity contribution is 5.43. The first-order valence-electron chi connectivity index (χ1n) is 8.93. The topological polar surface area (TPSA) is 19.0 Å². The van der Waals surface area contributed by atoms with E-state index in [1.807, 2.05) is 0 Å². The molecule has 3 aliphatic rings. The molecule has 1 fully saturated rings. The van der Waals surface area contributed by atoms with Crippen molar-refractivity contribution in [3.05, 3.63) is 21.8 Å². The lowest BCUT2D eigenvalue weighted by molar-refractivity contribution is 0.0556. The number of rotatable bonds is 2. The second-order valence-corrected chi connectivity index (χ2v) is 7.35. The molecule has 0 spiro atoms. The molecule has 114 valence electrons. The fraction of sp³-hybridized carbons (Fsp3) is 0.684. The third kappa shape index (κ3) is 2.19. The molecular weight excluding hydrogens is 256 g/mol. The van der Waals surface area contributed by atoms with E-state index in [1.54, 1.807) is 16.5 Å². The lowest BCUT2D eigenvalue weighted by atomic mass is 9.77. The third-order valence-electron chi connectivity index (χ3n) is 6.01. The first kappa shape index (κ1) is 13.6. The van der Waals surface area contributed by atoms with Gasteiger partial charge in [-0.1, -0.05) is 38.8 Å². The normalized spacial score (nSPS) is 31.6. The highest BCUT2D eigenvalue weighted by Crippen LogP contribution is 2.40. The van der Waals surface area contributed by atoms with Crippen molar-refractivity contribution in [3.63, 3.8) is 0 Å². The molecule has 3 unspecified atom stereocenters. The number of hydrogen-bond donors (Lipinski definition) is 1. The van der Waals surface area contributed by atoms with E-state index >= 15 is 0 Å². The zero-order valence-corrected chi connectivity index (χ0v) is 13.5. The molecule has 0 amide bonds. The van der Waals surface area contributed by atoms with Crippen LogP contribution in [-0.2, 0) is 6.42 Å². The number of hydrogen-bond acceptors (Lipinski definition) is 1. The van der Waals surface area contributed by atoms with Crippen LogP contribution in [0.25, 0.3) is 12.2 Å². The highest BCUT2D eigenvalue weighted by Gasteiger charge is 2.37. The number of aromatic amines is 1. The van der Waals surface area contributed by atoms with Crippen molar-refractivity contribution in [3.8, 4) is 0 Å². The van der Waals surface area contributed by atoms with Crippen molar-refractivity contribution in [2.45, 2.75) is 58.4 Å². The SMILES string of the molecule is CCCC1CC2c3[nH]c4c(c3CCN2CC1C)=CCCC=4. The van der Waals surface area contributed by atoms with E-state index in [2.05, 4.69) is 35.9 Å². The van der Waals surface area contributed by atoms with Crippen LogP contribution in [0.1, 0.15) is 63.3 Å². The van der Waals surface area contributed by atoms with Gasteiger partial charge in [0, 0.05) is 24.1 Å². The molecule has 2 heteroatoms. The first-order chi connectivity index (χ1) is 10.3. The van der Waals surface area contributed by atoms with Gasteiger partial charge in [-0.25, -0.2) is 0 Å². The Morgan fingerprint density at radius 3 is 3.00 bits per heavy atom. The van der Waals surface area contributed by atoms with Gasteiger partial charge in [-0.2, -0.15) is 0 Å². The minimum absolute atomic E-state index is 0.661. The maximum atomic E-state index is 3.80. The lowest BCUT2D eigenvalue weighted by Gasteiger charge is -2.45. The molecular formula is C19H28N2. The average Bonchev–Trinajstić information content (AvgIpc) is 2.87. The Bertz CT molecular complexity index is 639. The zero-order valence-electron chi connectivity index (χ0n) is 13.5. The smallest absolute Gasteiger partial charge is 0.0504 e. The lowest BCUT2D eigenvalue weighted by Crippen LogP contribution is -2.45. The summed E-state index contributed by atoms with van der Waals surface area (Å²) in [5, 5.41) is 2.96. The van der Waals surface area contributed by atoms with Crippen molar-refractivity contribution < 1.29 is 0 Å². The van der Waals surface area contributed by atoms with Gasteiger partial charge in [0.05, 0.1) is 6.04 Å². The van der Waals surface area contributed by atoms with Crippen molar-refractivity contribution in [1.29, 1.82) is 0 Å². The summed E-state index contributed by atoms with van der Waals surface area (Å²) >= 11 is 0. The largest absolute Gasteiger partial charge is 0.357 e. The molecule has 0 aromatic carbocycles. The minimum atomic E-state index is 0.661. The average molecular weight is 284 g/mol. The summed E-state index contributed by atoms with van der Waals surface area (Å²) in [6, 6.07) is 0.661. The number of aromatic nitrogens is 1. The molecule has 1 aromatic rings. The predicted molar refractivity (Wildman–Crippen MR) is 88.4 cm³/mol. The summed E-state index contributed by atoms with van der Waals surface area (Å²) in [5.74, 6) is 1.78. The number of H-pyrrole nitrogens is 1. The fourth-order valence-corrected chi connectivity index (χ4v) is 4.89. The zero-order chi connectivity index (χ0) is 14.4. The molecule has 21 heavy (non-hydrogen) atoms. The fourth-order valence-electron chi connectivity index (χ4n) is 4.89. The van der Waals surface area contributed by atoms with Gasteiger partial charge in [0.15, 0.2) is 0 Å². The highest BCUT2D eigenvalue weighted by atomic mass is 15.2. The Kier molecular flexibility index (Phi) is 3.45. The molecule has 1 aliphatic carbocycles. The van der Waals surface area contributed by atoms with Gasteiger partial charge in [0.2, 0.25) is 0 Å². The van der Waals surface area contributed by atoms with E-state index in [0.717, 1.165) is 11.8 Å². The van der Waals surface area contributed by atoms with Gasteiger partial charge in [0.1, 0.15) is 0 Å². The molecule has 3 heterocycles. The van der Waals surface area contributed by atoms with Crippen molar-refractivity contribution in [2.75, 3.05) is 13.1 Å². The third-order valence-corrected chi connectivity index (χ3v) is 6.01. The monoisotopic (exact) mass is 284 g/mol. The van der Waals surface area contributed by atoms with Crippen LogP contribution in [-0.4, -0.2) is 23.0 Å². The Morgan fingerprint density at radius 1 is 1.29 bits per heavy atom. The van der Waals surface area contributed by atoms with Crippen LogP contribution in [0.4, 0.5) is 0 Å². The van der Waals surface area contributed by atoms with Crippen LogP contribution < -0.4 is 10.6 Å². The Morgan fingerprint density at radius 2 is 2.14 bits per heavy atom.